The van der Waals surface area contributed by atoms with E-state index in [4.69, 9.17) is 14.2 Å². The molecular weight excluding hydrogens is 450 g/mol. The summed E-state index contributed by atoms with van der Waals surface area (Å²) in [7, 11) is 0. The van der Waals surface area contributed by atoms with Gasteiger partial charge in [-0.3, -0.25) is 0 Å². The zero-order valence-electron chi connectivity index (χ0n) is 21.7. The fraction of sp³-hybridized carbons (Fsp3) is 0.387. The number of hydrogen-bond donors (Lipinski definition) is 0. The summed E-state index contributed by atoms with van der Waals surface area (Å²) in [6.45, 7) is 9.07. The molecule has 0 unspecified atom stereocenters. The van der Waals surface area contributed by atoms with Crippen molar-refractivity contribution in [1.29, 1.82) is 0 Å². The smallest absolute Gasteiger partial charge is 0.410 e. The van der Waals surface area contributed by atoms with Gasteiger partial charge in [-0.15, -0.1) is 0 Å². The second kappa shape index (κ2) is 11.3. The first-order chi connectivity index (χ1) is 17.3. The normalized spacial score (nSPS) is 18.3. The fourth-order valence-corrected chi connectivity index (χ4v) is 4.92. The Morgan fingerprint density at radius 3 is 1.72 bits per heavy atom. The molecule has 0 aromatic heterocycles. The Balaban J connectivity index is 1.72. The van der Waals surface area contributed by atoms with Gasteiger partial charge in [-0.25, -0.2) is 4.79 Å². The molecule has 0 spiro atoms. The lowest BCUT2D eigenvalue weighted by Gasteiger charge is -2.38. The molecule has 0 bridgehead atoms. The molecule has 1 heterocycles. The van der Waals surface area contributed by atoms with Gasteiger partial charge in [0.2, 0.25) is 0 Å². The molecule has 0 N–H and O–H groups in total. The van der Waals surface area contributed by atoms with Crippen LogP contribution in [0.4, 0.5) is 4.79 Å². The zero-order valence-corrected chi connectivity index (χ0v) is 21.7. The third-order valence-electron chi connectivity index (χ3n) is 6.44. The van der Waals surface area contributed by atoms with Crippen molar-refractivity contribution in [2.24, 2.45) is 0 Å². The van der Waals surface area contributed by atoms with E-state index in [2.05, 4.69) is 36.4 Å². The Kier molecular flexibility index (Phi) is 8.12. The van der Waals surface area contributed by atoms with Crippen LogP contribution >= 0.6 is 0 Å². The van der Waals surface area contributed by atoms with E-state index in [0.717, 1.165) is 16.7 Å². The standard InChI is InChI=1S/C31H37NO4/c1-5-34-28-21-27(32(22-28)29(33)36-30(2,3)4)23-35-31(24-15-9-6-10-16-24,25-17-11-7-12-18-25)26-19-13-8-14-20-26/h6-20,27-28H,5,21-23H2,1-4H3/t27-,28-/m0/s1. The van der Waals surface area contributed by atoms with Crippen molar-refractivity contribution in [3.8, 4) is 0 Å². The molecule has 1 fully saturated rings. The zero-order chi connectivity index (χ0) is 25.6. The average Bonchev–Trinajstić information content (AvgIpc) is 3.29. The topological polar surface area (TPSA) is 48.0 Å². The maximum Gasteiger partial charge on any atom is 0.410 e. The van der Waals surface area contributed by atoms with Crippen molar-refractivity contribution < 1.29 is 19.0 Å². The summed E-state index contributed by atoms with van der Waals surface area (Å²) in [5.74, 6) is 0. The van der Waals surface area contributed by atoms with E-state index in [1.54, 1.807) is 4.90 Å². The molecule has 1 amide bonds. The van der Waals surface area contributed by atoms with E-state index in [9.17, 15) is 4.79 Å². The molecule has 5 nitrogen and oxygen atoms in total. The summed E-state index contributed by atoms with van der Waals surface area (Å²) in [4.78, 5) is 14.9. The minimum Gasteiger partial charge on any atom is -0.444 e. The van der Waals surface area contributed by atoms with Crippen molar-refractivity contribution in [3.05, 3.63) is 108 Å². The van der Waals surface area contributed by atoms with Gasteiger partial charge in [0.15, 0.2) is 0 Å². The Bertz CT molecular complexity index is 999. The molecule has 1 aliphatic rings. The predicted molar refractivity (Wildman–Crippen MR) is 142 cm³/mol. The average molecular weight is 488 g/mol. The van der Waals surface area contributed by atoms with Crippen molar-refractivity contribution in [2.45, 2.75) is 57.5 Å². The highest BCUT2D eigenvalue weighted by atomic mass is 16.6. The van der Waals surface area contributed by atoms with Crippen LogP contribution in [0, 0.1) is 0 Å². The molecule has 0 radical (unpaired) electrons. The molecule has 36 heavy (non-hydrogen) atoms. The number of carbonyl (C=O) groups is 1. The Hall–Kier alpha value is -3.15. The van der Waals surface area contributed by atoms with Crippen LogP contribution in [0.15, 0.2) is 91.0 Å². The molecule has 190 valence electrons. The van der Waals surface area contributed by atoms with E-state index < -0.39 is 11.2 Å². The molecule has 1 saturated heterocycles. The molecular formula is C31H37NO4. The third-order valence-corrected chi connectivity index (χ3v) is 6.44. The third kappa shape index (κ3) is 5.80. The number of carbonyl (C=O) groups excluding carboxylic acids is 1. The van der Waals surface area contributed by atoms with Crippen LogP contribution in [-0.4, -0.2) is 48.5 Å². The lowest BCUT2D eigenvalue weighted by molar-refractivity contribution is -0.0251. The summed E-state index contributed by atoms with van der Waals surface area (Å²) >= 11 is 0. The number of rotatable bonds is 8. The maximum absolute atomic E-state index is 13.1. The van der Waals surface area contributed by atoms with Crippen molar-refractivity contribution in [1.82, 2.24) is 4.90 Å². The quantitative estimate of drug-likeness (QED) is 0.345. The molecule has 5 heteroatoms. The van der Waals surface area contributed by atoms with Gasteiger partial charge in [-0.05, 0) is 50.8 Å². The summed E-state index contributed by atoms with van der Waals surface area (Å²) in [5.41, 5.74) is 1.68. The Morgan fingerprint density at radius 1 is 0.833 bits per heavy atom. The number of likely N-dealkylation sites (tertiary alicyclic amines) is 1. The van der Waals surface area contributed by atoms with Crippen molar-refractivity contribution in [2.75, 3.05) is 19.8 Å². The lowest BCUT2D eigenvalue weighted by atomic mass is 9.80. The monoisotopic (exact) mass is 487 g/mol. The van der Waals surface area contributed by atoms with E-state index in [-0.39, 0.29) is 18.2 Å². The highest BCUT2D eigenvalue weighted by Gasteiger charge is 2.42. The summed E-state index contributed by atoms with van der Waals surface area (Å²) in [6, 6.07) is 30.7. The van der Waals surface area contributed by atoms with Crippen LogP contribution in [0.1, 0.15) is 50.8 Å². The summed E-state index contributed by atoms with van der Waals surface area (Å²) in [6.07, 6.45) is 0.320. The Morgan fingerprint density at radius 2 is 1.31 bits per heavy atom. The van der Waals surface area contributed by atoms with Gasteiger partial charge < -0.3 is 19.1 Å². The molecule has 4 rings (SSSR count). The molecule has 3 aromatic carbocycles. The Labute approximate surface area is 215 Å². The van der Waals surface area contributed by atoms with Gasteiger partial charge in [0.1, 0.15) is 11.2 Å². The van der Waals surface area contributed by atoms with E-state index in [1.165, 1.54) is 0 Å². The maximum atomic E-state index is 13.1. The van der Waals surface area contributed by atoms with Gasteiger partial charge in [0.05, 0.1) is 25.3 Å². The molecule has 3 aromatic rings. The summed E-state index contributed by atoms with van der Waals surface area (Å²) < 4.78 is 18.7. The number of hydrogen-bond acceptors (Lipinski definition) is 4. The van der Waals surface area contributed by atoms with Gasteiger partial charge in [0, 0.05) is 6.61 Å². The minimum absolute atomic E-state index is 0.0457. The number of amides is 1. The van der Waals surface area contributed by atoms with Gasteiger partial charge >= 0.3 is 6.09 Å². The van der Waals surface area contributed by atoms with Crippen LogP contribution in [0.25, 0.3) is 0 Å². The van der Waals surface area contributed by atoms with Crippen LogP contribution in [0.5, 0.6) is 0 Å². The first-order valence-electron chi connectivity index (χ1n) is 12.7. The number of nitrogens with zero attached hydrogens (tertiary/aromatic N) is 1. The van der Waals surface area contributed by atoms with Gasteiger partial charge in [0.25, 0.3) is 0 Å². The van der Waals surface area contributed by atoms with Gasteiger partial charge in [-0.2, -0.15) is 0 Å². The van der Waals surface area contributed by atoms with E-state index in [0.29, 0.717) is 26.2 Å². The van der Waals surface area contributed by atoms with Crippen LogP contribution in [0.3, 0.4) is 0 Å². The van der Waals surface area contributed by atoms with Gasteiger partial charge in [-0.1, -0.05) is 91.0 Å². The van der Waals surface area contributed by atoms with Crippen LogP contribution < -0.4 is 0 Å². The minimum atomic E-state index is -0.840. The van der Waals surface area contributed by atoms with E-state index >= 15 is 0 Å². The lowest BCUT2D eigenvalue weighted by Crippen LogP contribution is -2.44. The largest absolute Gasteiger partial charge is 0.444 e. The number of ether oxygens (including phenoxy) is 3. The molecule has 1 aliphatic heterocycles. The highest BCUT2D eigenvalue weighted by Crippen LogP contribution is 2.41. The number of benzene rings is 3. The first kappa shape index (κ1) is 25.9. The van der Waals surface area contributed by atoms with Crippen molar-refractivity contribution in [3.63, 3.8) is 0 Å². The highest BCUT2D eigenvalue weighted by molar-refractivity contribution is 5.69. The second-order valence-corrected chi connectivity index (χ2v) is 10.2. The van der Waals surface area contributed by atoms with Crippen LogP contribution in [0.2, 0.25) is 0 Å². The summed E-state index contributed by atoms with van der Waals surface area (Å²) in [5, 5.41) is 0. The molecule has 0 aliphatic carbocycles. The fourth-order valence-electron chi connectivity index (χ4n) is 4.92. The van der Waals surface area contributed by atoms with Crippen LogP contribution in [-0.2, 0) is 19.8 Å². The SMILES string of the molecule is CCO[C@H]1C[C@@H](COC(c2ccccc2)(c2ccccc2)c2ccccc2)N(C(=O)OC(C)(C)C)C1. The molecule has 0 saturated carbocycles. The first-order valence-corrected chi connectivity index (χ1v) is 12.7. The second-order valence-electron chi connectivity index (χ2n) is 10.2. The van der Waals surface area contributed by atoms with Crippen molar-refractivity contribution >= 4 is 6.09 Å². The predicted octanol–water partition coefficient (Wildman–Crippen LogP) is 6.41. The van der Waals surface area contributed by atoms with E-state index in [1.807, 2.05) is 82.3 Å². The molecule has 2 atom stereocenters.